The Hall–Kier alpha value is -1.98. The highest BCUT2D eigenvalue weighted by molar-refractivity contribution is 6.37. The molecule has 0 atom stereocenters. The molecule has 0 bridgehead atoms. The summed E-state index contributed by atoms with van der Waals surface area (Å²) in [4.78, 5) is 19.0. The van der Waals surface area contributed by atoms with E-state index in [9.17, 15) is 4.79 Å². The molecule has 0 fully saturated rings. The van der Waals surface area contributed by atoms with Gasteiger partial charge >= 0.3 is 0 Å². The van der Waals surface area contributed by atoms with Crippen LogP contribution in [-0.4, -0.2) is 29.0 Å². The van der Waals surface area contributed by atoms with E-state index in [4.69, 9.17) is 27.9 Å². The second-order valence-corrected chi connectivity index (χ2v) is 5.27. The first kappa shape index (κ1) is 16.4. The molecule has 0 radical (unpaired) electrons. The molecule has 2 rings (SSSR count). The van der Waals surface area contributed by atoms with Gasteiger partial charge in [0.25, 0.3) is 5.91 Å². The molecular weight excluding hydrogens is 325 g/mol. The first-order chi connectivity index (χ1) is 10.6. The SMILES string of the molecule is C=CCOc1c(Cl)cc(C(=O)NCCc2cnc[nH]2)cc1Cl. The number of hydrogen-bond donors (Lipinski definition) is 2. The largest absolute Gasteiger partial charge is 0.486 e. The minimum absolute atomic E-state index is 0.251. The molecule has 22 heavy (non-hydrogen) atoms. The van der Waals surface area contributed by atoms with Gasteiger partial charge in [0, 0.05) is 30.4 Å². The molecule has 0 aliphatic carbocycles. The number of H-pyrrole nitrogens is 1. The minimum Gasteiger partial charge on any atom is -0.486 e. The lowest BCUT2D eigenvalue weighted by molar-refractivity contribution is 0.0954. The fourth-order valence-electron chi connectivity index (χ4n) is 1.81. The van der Waals surface area contributed by atoms with E-state index in [1.54, 1.807) is 18.6 Å². The molecule has 0 saturated heterocycles. The molecule has 5 nitrogen and oxygen atoms in total. The summed E-state index contributed by atoms with van der Waals surface area (Å²) in [6.45, 7) is 4.32. The van der Waals surface area contributed by atoms with Crippen molar-refractivity contribution in [3.05, 3.63) is 58.6 Å². The standard InChI is InChI=1S/C15H15Cl2N3O2/c1-2-5-22-14-12(16)6-10(7-13(14)17)15(21)19-4-3-11-8-18-9-20-11/h2,6-9H,1,3-5H2,(H,18,20)(H,19,21). The van der Waals surface area contributed by atoms with Crippen LogP contribution in [0, 0.1) is 0 Å². The van der Waals surface area contributed by atoms with E-state index < -0.39 is 0 Å². The third-order valence-electron chi connectivity index (χ3n) is 2.84. The lowest BCUT2D eigenvalue weighted by Crippen LogP contribution is -2.25. The fourth-order valence-corrected chi connectivity index (χ4v) is 2.40. The molecule has 0 unspecified atom stereocenters. The molecule has 2 N–H and O–H groups in total. The zero-order valence-electron chi connectivity index (χ0n) is 11.7. The van der Waals surface area contributed by atoms with Crippen LogP contribution in [0.25, 0.3) is 0 Å². The maximum Gasteiger partial charge on any atom is 0.251 e. The Morgan fingerprint density at radius 1 is 1.41 bits per heavy atom. The van der Waals surface area contributed by atoms with Crippen molar-refractivity contribution < 1.29 is 9.53 Å². The lowest BCUT2D eigenvalue weighted by Gasteiger charge is -2.10. The van der Waals surface area contributed by atoms with E-state index in [0.29, 0.717) is 24.3 Å². The summed E-state index contributed by atoms with van der Waals surface area (Å²) < 4.78 is 5.36. The van der Waals surface area contributed by atoms with E-state index in [-0.39, 0.29) is 22.6 Å². The van der Waals surface area contributed by atoms with Gasteiger partial charge in [-0.3, -0.25) is 4.79 Å². The summed E-state index contributed by atoms with van der Waals surface area (Å²) in [5.41, 5.74) is 1.33. The number of rotatable bonds is 7. The molecule has 7 heteroatoms. The molecule has 1 amide bonds. The van der Waals surface area contributed by atoms with Crippen LogP contribution in [0.2, 0.25) is 10.0 Å². The Balaban J connectivity index is 1.98. The van der Waals surface area contributed by atoms with Crippen molar-refractivity contribution >= 4 is 29.1 Å². The summed E-state index contributed by atoms with van der Waals surface area (Å²) in [5.74, 6) is 0.0934. The quantitative estimate of drug-likeness (QED) is 0.761. The Morgan fingerprint density at radius 2 is 2.14 bits per heavy atom. The van der Waals surface area contributed by atoms with Gasteiger partial charge in [-0.15, -0.1) is 0 Å². The number of carbonyl (C=O) groups is 1. The van der Waals surface area contributed by atoms with Gasteiger partial charge in [-0.25, -0.2) is 4.98 Å². The Kier molecular flexibility index (Phi) is 5.86. The van der Waals surface area contributed by atoms with Crippen LogP contribution in [0.3, 0.4) is 0 Å². The van der Waals surface area contributed by atoms with Gasteiger partial charge in [-0.2, -0.15) is 0 Å². The normalized spacial score (nSPS) is 10.3. The predicted octanol–water partition coefficient (Wildman–Crippen LogP) is 3.25. The van der Waals surface area contributed by atoms with E-state index in [2.05, 4.69) is 21.9 Å². The van der Waals surface area contributed by atoms with Crippen LogP contribution in [0.5, 0.6) is 5.75 Å². The fraction of sp³-hybridized carbons (Fsp3) is 0.200. The molecule has 1 heterocycles. The van der Waals surface area contributed by atoms with Gasteiger partial charge in [-0.1, -0.05) is 35.9 Å². The van der Waals surface area contributed by atoms with Crippen LogP contribution < -0.4 is 10.1 Å². The summed E-state index contributed by atoms with van der Waals surface area (Å²) in [7, 11) is 0. The third-order valence-corrected chi connectivity index (χ3v) is 3.40. The van der Waals surface area contributed by atoms with E-state index in [0.717, 1.165) is 5.69 Å². The second-order valence-electron chi connectivity index (χ2n) is 4.45. The number of benzene rings is 1. The summed E-state index contributed by atoms with van der Waals surface area (Å²) in [6, 6.07) is 3.05. The van der Waals surface area contributed by atoms with Crippen molar-refractivity contribution in [3.8, 4) is 5.75 Å². The average Bonchev–Trinajstić information content (AvgIpc) is 2.99. The Bertz CT molecular complexity index is 634. The molecule has 1 aromatic heterocycles. The molecule has 2 aromatic rings. The minimum atomic E-state index is -0.251. The smallest absolute Gasteiger partial charge is 0.251 e. The summed E-state index contributed by atoms with van der Waals surface area (Å²) in [6.07, 6.45) is 5.56. The summed E-state index contributed by atoms with van der Waals surface area (Å²) in [5, 5.41) is 3.36. The van der Waals surface area contributed by atoms with Crippen LogP contribution >= 0.6 is 23.2 Å². The maximum absolute atomic E-state index is 12.1. The van der Waals surface area contributed by atoms with Gasteiger partial charge in [0.2, 0.25) is 0 Å². The number of nitrogens with zero attached hydrogens (tertiary/aromatic N) is 1. The van der Waals surface area contributed by atoms with Crippen LogP contribution in [0.1, 0.15) is 16.1 Å². The number of ether oxygens (including phenoxy) is 1. The van der Waals surface area contributed by atoms with Crippen molar-refractivity contribution in [1.29, 1.82) is 0 Å². The van der Waals surface area contributed by atoms with E-state index in [1.807, 2.05) is 0 Å². The first-order valence-electron chi connectivity index (χ1n) is 6.60. The lowest BCUT2D eigenvalue weighted by atomic mass is 10.2. The highest BCUT2D eigenvalue weighted by Gasteiger charge is 2.13. The highest BCUT2D eigenvalue weighted by atomic mass is 35.5. The average molecular weight is 340 g/mol. The molecule has 0 saturated carbocycles. The zero-order chi connectivity index (χ0) is 15.9. The van der Waals surface area contributed by atoms with Crippen molar-refractivity contribution in [1.82, 2.24) is 15.3 Å². The van der Waals surface area contributed by atoms with Crippen molar-refractivity contribution in [3.63, 3.8) is 0 Å². The number of carbonyl (C=O) groups excluding carboxylic acids is 1. The van der Waals surface area contributed by atoms with E-state index >= 15 is 0 Å². The molecular formula is C15H15Cl2N3O2. The summed E-state index contributed by atoms with van der Waals surface area (Å²) >= 11 is 12.2. The number of hydrogen-bond acceptors (Lipinski definition) is 3. The first-order valence-corrected chi connectivity index (χ1v) is 7.35. The number of imidazole rings is 1. The van der Waals surface area contributed by atoms with Crippen molar-refractivity contribution in [2.24, 2.45) is 0 Å². The number of nitrogens with one attached hydrogen (secondary N) is 2. The van der Waals surface area contributed by atoms with Crippen LogP contribution in [0.4, 0.5) is 0 Å². The third kappa shape index (κ3) is 4.26. The van der Waals surface area contributed by atoms with E-state index in [1.165, 1.54) is 12.1 Å². The zero-order valence-corrected chi connectivity index (χ0v) is 13.2. The molecule has 0 aliphatic heterocycles. The molecule has 1 aromatic carbocycles. The predicted molar refractivity (Wildman–Crippen MR) is 86.8 cm³/mol. The van der Waals surface area contributed by atoms with Gasteiger partial charge in [0.1, 0.15) is 6.61 Å². The van der Waals surface area contributed by atoms with Gasteiger partial charge < -0.3 is 15.0 Å². The number of aromatic nitrogens is 2. The van der Waals surface area contributed by atoms with Gasteiger partial charge in [-0.05, 0) is 12.1 Å². The Morgan fingerprint density at radius 3 is 2.73 bits per heavy atom. The van der Waals surface area contributed by atoms with Gasteiger partial charge in [0.05, 0.1) is 16.4 Å². The molecule has 0 aliphatic rings. The molecule has 0 spiro atoms. The van der Waals surface area contributed by atoms with Crippen molar-refractivity contribution in [2.45, 2.75) is 6.42 Å². The monoisotopic (exact) mass is 339 g/mol. The van der Waals surface area contributed by atoms with Gasteiger partial charge in [0.15, 0.2) is 5.75 Å². The van der Waals surface area contributed by atoms with Crippen LogP contribution in [-0.2, 0) is 6.42 Å². The topological polar surface area (TPSA) is 67.0 Å². The van der Waals surface area contributed by atoms with Crippen molar-refractivity contribution in [2.75, 3.05) is 13.2 Å². The van der Waals surface area contributed by atoms with Crippen LogP contribution in [0.15, 0.2) is 37.3 Å². The number of amides is 1. The second kappa shape index (κ2) is 7.87. The number of halogens is 2. The Labute approximate surface area is 138 Å². The highest BCUT2D eigenvalue weighted by Crippen LogP contribution is 2.34. The maximum atomic E-state index is 12.1. The molecule has 116 valence electrons. The number of aromatic amines is 1.